The highest BCUT2D eigenvalue weighted by Crippen LogP contribution is 2.73. The lowest BCUT2D eigenvalue weighted by atomic mass is 9.47. The van der Waals surface area contributed by atoms with Crippen molar-refractivity contribution in [3.63, 3.8) is 0 Å². The number of piperidine rings is 1. The van der Waals surface area contributed by atoms with E-state index < -0.39 is 10.0 Å². The van der Waals surface area contributed by atoms with E-state index in [0.29, 0.717) is 29.7 Å². The van der Waals surface area contributed by atoms with Crippen LogP contribution in [0.5, 0.6) is 0 Å². The second kappa shape index (κ2) is 15.7. The maximum Gasteiger partial charge on any atom is 0.238 e. The van der Waals surface area contributed by atoms with Gasteiger partial charge in [-0.05, 0) is 134 Å². The van der Waals surface area contributed by atoms with Crippen LogP contribution in [-0.4, -0.2) is 31.6 Å². The van der Waals surface area contributed by atoms with Crippen LogP contribution in [0.15, 0.2) is 232 Å². The Morgan fingerprint density at radius 3 is 1.62 bits per heavy atom. The molecule has 5 atom stereocenters. The molecule has 0 spiro atoms. The van der Waals surface area contributed by atoms with Crippen LogP contribution in [0.1, 0.15) is 26.2 Å². The summed E-state index contributed by atoms with van der Waals surface area (Å²) in [6, 6.07) is 78.2. The van der Waals surface area contributed by atoms with Crippen LogP contribution in [0.25, 0.3) is 61.7 Å². The highest BCUT2D eigenvalue weighted by molar-refractivity contribution is 8.34. The molecule has 5 nitrogen and oxygen atoms in total. The Hall–Kier alpha value is -7.28. The molecule has 3 heterocycles. The van der Waals surface area contributed by atoms with Gasteiger partial charge in [0.05, 0.1) is 11.0 Å². The number of para-hydroxylation sites is 1. The first-order chi connectivity index (χ1) is 32.6. The Bertz CT molecular complexity index is 3310. The minimum atomic E-state index is -1.95. The normalized spacial score (nSPS) is 20.1. The minimum Gasteiger partial charge on any atom is -0.366 e. The standard InChI is InChI=1S/C60H49N5S/c1-40-34-45-36-46-38-56(57(45)46)64(40)47-32-33-55-53(39-47)52-30-14-15-31-54(52)65(55)60-62-58(43-21-16-20-42(35-43)41-18-6-2-7-19-41)61-59(63-60)44-22-17-29-51(37-44)66(48-23-8-3-9-24-48,49-25-10-4-11-26-49)50-27-12-5-13-28-50/h2-33,35,37,39-40,45-46,56-57H,34,36,38H2,1H3. The van der Waals surface area contributed by atoms with Crippen molar-refractivity contribution in [2.45, 2.75) is 57.9 Å². The summed E-state index contributed by atoms with van der Waals surface area (Å²) in [7, 11) is -1.95. The quantitative estimate of drug-likeness (QED) is 0.145. The van der Waals surface area contributed by atoms with Gasteiger partial charge >= 0.3 is 0 Å². The van der Waals surface area contributed by atoms with Crippen LogP contribution in [0, 0.1) is 17.8 Å². The average Bonchev–Trinajstić information content (AvgIpc) is 3.70. The van der Waals surface area contributed by atoms with Crippen molar-refractivity contribution < 1.29 is 0 Å². The lowest BCUT2D eigenvalue weighted by Gasteiger charge is -2.67. The molecule has 66 heavy (non-hydrogen) atoms. The van der Waals surface area contributed by atoms with Gasteiger partial charge in [0.25, 0.3) is 0 Å². The fourth-order valence-corrected chi connectivity index (χ4v) is 15.9. The maximum atomic E-state index is 5.50. The second-order valence-corrected chi connectivity index (χ2v) is 21.6. The van der Waals surface area contributed by atoms with E-state index in [1.807, 2.05) is 0 Å². The van der Waals surface area contributed by atoms with E-state index in [0.717, 1.165) is 51.0 Å². The van der Waals surface area contributed by atoms with E-state index in [-0.39, 0.29) is 0 Å². The van der Waals surface area contributed by atoms with Gasteiger partial charge in [0.2, 0.25) is 5.95 Å². The number of anilines is 1. The predicted octanol–water partition coefficient (Wildman–Crippen LogP) is 14.9. The Morgan fingerprint density at radius 2 is 0.955 bits per heavy atom. The molecule has 0 bridgehead atoms. The average molecular weight is 872 g/mol. The first kappa shape index (κ1) is 39.1. The number of fused-ring (bicyclic) bond motifs is 3. The molecule has 8 aromatic carbocycles. The van der Waals surface area contributed by atoms with E-state index in [1.54, 1.807) is 0 Å². The smallest absolute Gasteiger partial charge is 0.238 e. The third-order valence-electron chi connectivity index (χ3n) is 14.9. The van der Waals surface area contributed by atoms with E-state index >= 15 is 0 Å². The molecule has 6 heteroatoms. The van der Waals surface area contributed by atoms with Gasteiger partial charge in [-0.3, -0.25) is 4.57 Å². The van der Waals surface area contributed by atoms with Crippen molar-refractivity contribution in [2.24, 2.45) is 17.8 Å². The van der Waals surface area contributed by atoms with E-state index in [9.17, 15) is 0 Å². The summed E-state index contributed by atoms with van der Waals surface area (Å²) < 4.78 is 2.27. The van der Waals surface area contributed by atoms with Crippen molar-refractivity contribution >= 4 is 37.5 Å². The number of aromatic nitrogens is 4. The lowest BCUT2D eigenvalue weighted by Crippen LogP contribution is -2.68. The van der Waals surface area contributed by atoms with Crippen LogP contribution in [-0.2, 0) is 0 Å². The molecule has 0 amide bonds. The number of rotatable bonds is 9. The molecule has 2 aliphatic carbocycles. The highest BCUT2D eigenvalue weighted by atomic mass is 32.3. The fraction of sp³-hybridized carbons (Fsp3) is 0.150. The first-order valence-corrected chi connectivity index (χ1v) is 25.1. The zero-order valence-corrected chi connectivity index (χ0v) is 37.7. The number of hydrogen-bond donors (Lipinski definition) is 0. The molecular formula is C60H49N5S. The molecule has 10 aromatic rings. The molecule has 2 aromatic heterocycles. The Labute approximate surface area is 387 Å². The van der Waals surface area contributed by atoms with Crippen LogP contribution in [0.2, 0.25) is 0 Å². The Morgan fingerprint density at radius 1 is 0.424 bits per heavy atom. The van der Waals surface area contributed by atoms with Gasteiger partial charge in [-0.1, -0.05) is 133 Å². The first-order valence-electron chi connectivity index (χ1n) is 23.4. The van der Waals surface area contributed by atoms with Crippen molar-refractivity contribution in [1.82, 2.24) is 19.5 Å². The summed E-state index contributed by atoms with van der Waals surface area (Å²) in [6.07, 6.45) is 4.07. The van der Waals surface area contributed by atoms with Gasteiger partial charge in [-0.15, -0.1) is 10.0 Å². The zero-order chi connectivity index (χ0) is 43.8. The van der Waals surface area contributed by atoms with E-state index in [4.69, 9.17) is 15.0 Å². The molecule has 0 N–H and O–H groups in total. The minimum absolute atomic E-state index is 0.533. The molecule has 3 fully saturated rings. The van der Waals surface area contributed by atoms with Crippen LogP contribution in [0.3, 0.4) is 0 Å². The molecule has 1 saturated heterocycles. The molecule has 2 saturated carbocycles. The summed E-state index contributed by atoms with van der Waals surface area (Å²) in [5.41, 5.74) is 7.64. The van der Waals surface area contributed by atoms with Crippen molar-refractivity contribution in [3.05, 3.63) is 212 Å². The summed E-state index contributed by atoms with van der Waals surface area (Å²) in [6.45, 7) is 2.44. The predicted molar refractivity (Wildman–Crippen MR) is 271 cm³/mol. The molecule has 5 unspecified atom stereocenters. The SMILES string of the molecule is CC1CC2CC3CC(C23)N1c1ccc2c(c1)c1ccccc1n2-c1nc(-c2cccc(-c3ccccc3)c2)nc(-c2cccc(S(c3ccccc3)(c3ccccc3)c3ccccc3)c2)n1. The fourth-order valence-electron chi connectivity index (χ4n) is 12.0. The summed E-state index contributed by atoms with van der Waals surface area (Å²) in [5.74, 6) is 4.59. The number of nitrogens with zero attached hydrogens (tertiary/aromatic N) is 5. The van der Waals surface area contributed by atoms with Gasteiger partial charge in [-0.2, -0.15) is 9.97 Å². The van der Waals surface area contributed by atoms with Crippen molar-refractivity contribution in [2.75, 3.05) is 4.90 Å². The van der Waals surface area contributed by atoms with Gasteiger partial charge in [0.1, 0.15) is 0 Å². The van der Waals surface area contributed by atoms with Crippen LogP contribution >= 0.6 is 10.0 Å². The van der Waals surface area contributed by atoms with Gasteiger partial charge in [0, 0.05) is 59.3 Å². The third kappa shape index (κ3) is 6.19. The monoisotopic (exact) mass is 871 g/mol. The Balaban J connectivity index is 1.02. The summed E-state index contributed by atoms with van der Waals surface area (Å²) in [5, 5.41) is 2.42. The molecule has 13 rings (SSSR count). The van der Waals surface area contributed by atoms with E-state index in [1.165, 1.54) is 55.3 Å². The highest BCUT2D eigenvalue weighted by Gasteiger charge is 2.59. The van der Waals surface area contributed by atoms with Crippen molar-refractivity contribution in [1.29, 1.82) is 0 Å². The molecule has 320 valence electrons. The number of benzene rings is 8. The summed E-state index contributed by atoms with van der Waals surface area (Å²) in [4.78, 5) is 24.1. The van der Waals surface area contributed by atoms with Crippen molar-refractivity contribution in [3.8, 4) is 39.9 Å². The zero-order valence-electron chi connectivity index (χ0n) is 36.9. The molecule has 1 aliphatic heterocycles. The molecule has 3 aliphatic rings. The van der Waals surface area contributed by atoms with Gasteiger partial charge in [0.15, 0.2) is 11.6 Å². The van der Waals surface area contributed by atoms with E-state index in [2.05, 4.69) is 229 Å². The molecular weight excluding hydrogens is 823 g/mol. The maximum absolute atomic E-state index is 5.50. The Kier molecular flexibility index (Phi) is 9.31. The number of hydrogen-bond acceptors (Lipinski definition) is 4. The van der Waals surface area contributed by atoms with Crippen LogP contribution in [0.4, 0.5) is 5.69 Å². The second-order valence-electron chi connectivity index (χ2n) is 18.5. The van der Waals surface area contributed by atoms with Crippen LogP contribution < -0.4 is 4.90 Å². The summed E-state index contributed by atoms with van der Waals surface area (Å²) >= 11 is 0. The third-order valence-corrected chi connectivity index (χ3v) is 18.8. The largest absolute Gasteiger partial charge is 0.366 e. The molecule has 0 radical (unpaired) electrons. The lowest BCUT2D eigenvalue weighted by molar-refractivity contribution is -0.0823. The topological polar surface area (TPSA) is 46.8 Å². The van der Waals surface area contributed by atoms with Gasteiger partial charge < -0.3 is 4.90 Å². The van der Waals surface area contributed by atoms with Gasteiger partial charge in [-0.25, -0.2) is 4.98 Å².